The van der Waals surface area contributed by atoms with Crippen molar-refractivity contribution in [2.75, 3.05) is 13.7 Å². The maximum atomic E-state index is 11.8. The summed E-state index contributed by atoms with van der Waals surface area (Å²) in [6.45, 7) is 3.90. The summed E-state index contributed by atoms with van der Waals surface area (Å²) in [5.41, 5.74) is 1.85. The molecule has 0 bridgehead atoms. The number of cyclic esters (lactones) is 1. The predicted octanol–water partition coefficient (Wildman–Crippen LogP) is 4.13. The van der Waals surface area contributed by atoms with Crippen LogP contribution >= 0.6 is 0 Å². The van der Waals surface area contributed by atoms with Gasteiger partial charge in [0.05, 0.1) is 24.1 Å². The number of hydrogen-bond donors (Lipinski definition) is 0. The first-order valence-electron chi connectivity index (χ1n) is 9.16. The van der Waals surface area contributed by atoms with E-state index in [0.29, 0.717) is 34.5 Å². The Balaban J connectivity index is 1.62. The minimum Gasteiger partial charge on any atom is -0.495 e. The van der Waals surface area contributed by atoms with Crippen LogP contribution in [0.4, 0.5) is 0 Å². The average molecular weight is 396 g/mol. The fourth-order valence-corrected chi connectivity index (χ4v) is 3.41. The SMILES string of the molecule is COc1c2ccoc2c(OC/C=C(/C)C[C@@H]2C=C(C)C(=O)O2)c2oc(=O)ccc12. The lowest BCUT2D eigenvalue weighted by Gasteiger charge is -2.12. The molecular weight excluding hydrogens is 376 g/mol. The number of esters is 1. The summed E-state index contributed by atoms with van der Waals surface area (Å²) in [5.74, 6) is 0.612. The van der Waals surface area contributed by atoms with E-state index in [2.05, 4.69) is 0 Å². The van der Waals surface area contributed by atoms with E-state index in [1.54, 1.807) is 26.2 Å². The molecule has 0 fully saturated rings. The van der Waals surface area contributed by atoms with Gasteiger partial charge in [0.1, 0.15) is 18.5 Å². The molecule has 4 rings (SSSR count). The summed E-state index contributed by atoms with van der Waals surface area (Å²) in [6, 6.07) is 4.75. The zero-order valence-electron chi connectivity index (χ0n) is 16.3. The Labute approximate surface area is 166 Å². The van der Waals surface area contributed by atoms with Gasteiger partial charge in [-0.05, 0) is 38.1 Å². The number of furan rings is 1. The fraction of sp³-hybridized carbons (Fsp3) is 0.273. The second-order valence-corrected chi connectivity index (χ2v) is 6.88. The van der Waals surface area contributed by atoms with Crippen molar-refractivity contribution in [3.63, 3.8) is 0 Å². The zero-order valence-corrected chi connectivity index (χ0v) is 16.3. The van der Waals surface area contributed by atoms with Crippen molar-refractivity contribution in [1.82, 2.24) is 0 Å². The molecule has 0 unspecified atom stereocenters. The van der Waals surface area contributed by atoms with Crippen molar-refractivity contribution < 1.29 is 27.8 Å². The maximum absolute atomic E-state index is 11.8. The van der Waals surface area contributed by atoms with E-state index in [1.807, 2.05) is 19.1 Å². The first kappa shape index (κ1) is 18.9. The first-order chi connectivity index (χ1) is 14.0. The summed E-state index contributed by atoms with van der Waals surface area (Å²) in [7, 11) is 1.55. The van der Waals surface area contributed by atoms with Crippen molar-refractivity contribution >= 4 is 27.9 Å². The number of ether oxygens (including phenoxy) is 3. The Kier molecular flexibility index (Phi) is 4.88. The second-order valence-electron chi connectivity index (χ2n) is 6.88. The van der Waals surface area contributed by atoms with Gasteiger partial charge in [-0.1, -0.05) is 5.57 Å². The van der Waals surface area contributed by atoms with Crippen LogP contribution in [0.3, 0.4) is 0 Å². The Bertz CT molecular complexity index is 1210. The maximum Gasteiger partial charge on any atom is 0.336 e. The minimum absolute atomic E-state index is 0.227. The van der Waals surface area contributed by atoms with Gasteiger partial charge in [0, 0.05) is 18.1 Å². The molecule has 0 N–H and O–H groups in total. The normalized spacial score (nSPS) is 16.9. The van der Waals surface area contributed by atoms with Crippen molar-refractivity contribution in [3.05, 3.63) is 58.2 Å². The number of fused-ring (bicyclic) bond motifs is 2. The lowest BCUT2D eigenvalue weighted by atomic mass is 10.1. The quantitative estimate of drug-likeness (QED) is 0.352. The minimum atomic E-state index is -0.493. The van der Waals surface area contributed by atoms with Gasteiger partial charge in [-0.2, -0.15) is 0 Å². The third-order valence-corrected chi connectivity index (χ3v) is 4.80. The fourth-order valence-electron chi connectivity index (χ4n) is 3.41. The average Bonchev–Trinajstić information content (AvgIpc) is 3.28. The molecule has 0 radical (unpaired) electrons. The Morgan fingerprint density at radius 1 is 1.14 bits per heavy atom. The van der Waals surface area contributed by atoms with Gasteiger partial charge in [-0.25, -0.2) is 9.59 Å². The molecule has 7 heteroatoms. The van der Waals surface area contributed by atoms with Crippen LogP contribution in [0.1, 0.15) is 20.3 Å². The molecule has 29 heavy (non-hydrogen) atoms. The Morgan fingerprint density at radius 2 is 1.93 bits per heavy atom. The highest BCUT2D eigenvalue weighted by molar-refractivity contribution is 6.06. The van der Waals surface area contributed by atoms with Gasteiger partial charge in [-0.3, -0.25) is 0 Å². The number of carbonyl (C=O) groups is 1. The molecule has 0 spiro atoms. The first-order valence-corrected chi connectivity index (χ1v) is 9.16. The molecule has 0 saturated carbocycles. The van der Waals surface area contributed by atoms with Crippen LogP contribution in [0.2, 0.25) is 0 Å². The Morgan fingerprint density at radius 3 is 2.66 bits per heavy atom. The van der Waals surface area contributed by atoms with Crippen LogP contribution in [0.15, 0.2) is 61.4 Å². The second kappa shape index (κ2) is 7.50. The molecule has 150 valence electrons. The third kappa shape index (κ3) is 3.51. The predicted molar refractivity (Wildman–Crippen MR) is 106 cm³/mol. The van der Waals surface area contributed by atoms with Crippen LogP contribution in [0.5, 0.6) is 11.5 Å². The zero-order chi connectivity index (χ0) is 20.5. The largest absolute Gasteiger partial charge is 0.495 e. The summed E-state index contributed by atoms with van der Waals surface area (Å²) < 4.78 is 27.7. The summed E-state index contributed by atoms with van der Waals surface area (Å²) in [6.07, 6.45) is 5.57. The number of rotatable bonds is 6. The van der Waals surface area contributed by atoms with Crippen molar-refractivity contribution in [1.29, 1.82) is 0 Å². The number of methoxy groups -OCH3 is 1. The van der Waals surface area contributed by atoms with Crippen molar-refractivity contribution in [2.45, 2.75) is 26.4 Å². The molecular formula is C22H20O7. The monoisotopic (exact) mass is 396 g/mol. The van der Waals surface area contributed by atoms with E-state index >= 15 is 0 Å². The molecule has 1 aliphatic rings. The standard InChI is InChI=1S/C22H20O7/c1-12(10-14-11-13(2)22(24)28-14)6-8-27-21-19-16(7-9-26-19)18(25-3)15-4-5-17(23)29-20(15)21/h4-7,9,11,14H,8,10H2,1-3H3/b12-6-/t14-/m1/s1. The van der Waals surface area contributed by atoms with Crippen LogP contribution < -0.4 is 15.1 Å². The van der Waals surface area contributed by atoms with Gasteiger partial charge in [0.25, 0.3) is 0 Å². The number of benzene rings is 1. The van der Waals surface area contributed by atoms with E-state index < -0.39 is 5.63 Å². The van der Waals surface area contributed by atoms with Crippen molar-refractivity contribution in [2.24, 2.45) is 0 Å². The van der Waals surface area contributed by atoms with Gasteiger partial charge in [-0.15, -0.1) is 0 Å². The third-order valence-electron chi connectivity index (χ3n) is 4.80. The molecule has 7 nitrogen and oxygen atoms in total. The molecule has 0 saturated heterocycles. The summed E-state index contributed by atoms with van der Waals surface area (Å²) in [4.78, 5) is 23.3. The molecule has 0 aliphatic carbocycles. The topological polar surface area (TPSA) is 88.1 Å². The highest BCUT2D eigenvalue weighted by atomic mass is 16.5. The Hall–Kier alpha value is -3.48. The van der Waals surface area contributed by atoms with Gasteiger partial charge < -0.3 is 23.0 Å². The number of carbonyl (C=O) groups excluding carboxylic acids is 1. The summed E-state index contributed by atoms with van der Waals surface area (Å²) >= 11 is 0. The van der Waals surface area contributed by atoms with E-state index in [1.165, 1.54) is 12.3 Å². The molecule has 1 aromatic carbocycles. The number of hydrogen-bond acceptors (Lipinski definition) is 7. The lowest BCUT2D eigenvalue weighted by molar-refractivity contribution is -0.139. The van der Waals surface area contributed by atoms with Gasteiger partial charge >= 0.3 is 11.6 Å². The highest BCUT2D eigenvalue weighted by Crippen LogP contribution is 2.42. The van der Waals surface area contributed by atoms with Crippen molar-refractivity contribution in [3.8, 4) is 11.5 Å². The van der Waals surface area contributed by atoms with Gasteiger partial charge in [0.15, 0.2) is 11.2 Å². The van der Waals surface area contributed by atoms with Crippen LogP contribution in [-0.2, 0) is 9.53 Å². The highest BCUT2D eigenvalue weighted by Gasteiger charge is 2.23. The molecule has 1 aliphatic heterocycles. The molecule has 1 atom stereocenters. The molecule has 2 aromatic heterocycles. The van der Waals surface area contributed by atoms with E-state index in [-0.39, 0.29) is 24.3 Å². The van der Waals surface area contributed by atoms with E-state index in [4.69, 9.17) is 23.0 Å². The molecule has 3 aromatic rings. The lowest BCUT2D eigenvalue weighted by Crippen LogP contribution is -2.08. The molecule has 0 amide bonds. The van der Waals surface area contributed by atoms with Crippen LogP contribution in [0.25, 0.3) is 21.9 Å². The summed E-state index contributed by atoms with van der Waals surface area (Å²) in [5, 5.41) is 1.35. The van der Waals surface area contributed by atoms with Crippen LogP contribution in [-0.4, -0.2) is 25.8 Å². The smallest absolute Gasteiger partial charge is 0.336 e. The van der Waals surface area contributed by atoms with Gasteiger partial charge in [0.2, 0.25) is 5.75 Å². The van der Waals surface area contributed by atoms with E-state index in [0.717, 1.165) is 11.0 Å². The van der Waals surface area contributed by atoms with E-state index in [9.17, 15) is 9.59 Å². The molecule has 3 heterocycles. The van der Waals surface area contributed by atoms with Crippen LogP contribution in [0, 0.1) is 0 Å².